The molecule has 0 spiro atoms. The van der Waals surface area contributed by atoms with E-state index in [2.05, 4.69) is 0 Å². The largest absolute Gasteiger partial charge is 0.508 e. The van der Waals surface area contributed by atoms with Gasteiger partial charge in [-0.25, -0.2) is 4.79 Å². The number of phenolic OH excluding ortho intramolecular Hbond substituents is 2. The molecule has 140 valence electrons. The summed E-state index contributed by atoms with van der Waals surface area (Å²) in [6.07, 6.45) is -0.652. The Hall–Kier alpha value is -3.10. The first-order valence-corrected chi connectivity index (χ1v) is 8.06. The van der Waals surface area contributed by atoms with Crippen molar-refractivity contribution in [2.45, 2.75) is 32.2 Å². The van der Waals surface area contributed by atoms with E-state index >= 15 is 0 Å². The highest BCUT2D eigenvalue weighted by Gasteiger charge is 2.45. The quantitative estimate of drug-likeness (QED) is 0.449. The van der Waals surface area contributed by atoms with Crippen LogP contribution in [0.3, 0.4) is 0 Å². The molecular weight excluding hydrogens is 344 g/mol. The third-order valence-electron chi connectivity index (χ3n) is 4.08. The maximum atomic E-state index is 12.6. The molecule has 26 heavy (non-hydrogen) atoms. The smallest absolute Gasteiger partial charge is 0.329 e. The van der Waals surface area contributed by atoms with Crippen LogP contribution in [0.2, 0.25) is 0 Å². The number of hydrogen-bond donors (Lipinski definition) is 3. The third kappa shape index (κ3) is 4.11. The maximum absolute atomic E-state index is 12.6. The van der Waals surface area contributed by atoms with Gasteiger partial charge >= 0.3 is 5.97 Å². The highest BCUT2D eigenvalue weighted by molar-refractivity contribution is 6.07. The number of amides is 3. The van der Waals surface area contributed by atoms with Gasteiger partial charge in [-0.1, -0.05) is 6.07 Å². The highest BCUT2D eigenvalue weighted by atomic mass is 16.5. The van der Waals surface area contributed by atoms with Crippen LogP contribution in [0.15, 0.2) is 18.2 Å². The molecule has 1 saturated heterocycles. The fraction of sp³-hybridized carbons (Fsp3) is 0.412. The molecule has 2 atom stereocenters. The van der Waals surface area contributed by atoms with Crippen molar-refractivity contribution < 1.29 is 34.1 Å². The topological polar surface area (TPSA) is 147 Å². The zero-order valence-corrected chi connectivity index (χ0v) is 14.2. The van der Waals surface area contributed by atoms with Crippen LogP contribution in [-0.4, -0.2) is 51.5 Å². The van der Waals surface area contributed by atoms with Crippen molar-refractivity contribution in [3.8, 4) is 11.5 Å². The fourth-order valence-corrected chi connectivity index (χ4v) is 2.90. The average Bonchev–Trinajstić information content (AvgIpc) is 2.82. The van der Waals surface area contributed by atoms with Crippen molar-refractivity contribution in [2.24, 2.45) is 11.7 Å². The van der Waals surface area contributed by atoms with E-state index in [0.717, 1.165) is 11.0 Å². The Morgan fingerprint density at radius 1 is 1.35 bits per heavy atom. The molecule has 1 aliphatic rings. The number of nitrogens with zero attached hydrogens (tertiary/aromatic N) is 1. The number of primary amides is 1. The van der Waals surface area contributed by atoms with Crippen LogP contribution in [-0.2, 0) is 30.3 Å². The molecular formula is C17H20N2O7. The van der Waals surface area contributed by atoms with Crippen molar-refractivity contribution >= 4 is 23.7 Å². The van der Waals surface area contributed by atoms with E-state index in [9.17, 15) is 29.4 Å². The Morgan fingerprint density at radius 3 is 2.62 bits per heavy atom. The highest BCUT2D eigenvalue weighted by Crippen LogP contribution is 2.31. The molecule has 2 rings (SSSR count). The van der Waals surface area contributed by atoms with Gasteiger partial charge in [0.15, 0.2) is 0 Å². The summed E-state index contributed by atoms with van der Waals surface area (Å²) in [7, 11) is 0. The van der Waals surface area contributed by atoms with Crippen LogP contribution in [0.1, 0.15) is 25.3 Å². The lowest BCUT2D eigenvalue weighted by atomic mass is 9.97. The van der Waals surface area contributed by atoms with Crippen molar-refractivity contribution in [1.82, 2.24) is 4.90 Å². The number of imide groups is 1. The molecule has 2 unspecified atom stereocenters. The SMILES string of the molecule is CCOC(=O)C(CC(N)=O)N1C(=O)CC(Cc2ccc(O)cc2O)C1=O. The maximum Gasteiger partial charge on any atom is 0.329 e. The monoisotopic (exact) mass is 364 g/mol. The van der Waals surface area contributed by atoms with Gasteiger partial charge in [0.1, 0.15) is 17.5 Å². The zero-order valence-electron chi connectivity index (χ0n) is 14.2. The predicted octanol–water partition coefficient (Wildman–Crippen LogP) is -0.177. The summed E-state index contributed by atoms with van der Waals surface area (Å²) in [5, 5.41) is 19.2. The number of carbonyl (C=O) groups is 4. The number of likely N-dealkylation sites (tertiary alicyclic amines) is 1. The number of benzene rings is 1. The lowest BCUT2D eigenvalue weighted by Crippen LogP contribution is -2.48. The summed E-state index contributed by atoms with van der Waals surface area (Å²) in [6.45, 7) is 1.58. The van der Waals surface area contributed by atoms with Gasteiger partial charge in [0.25, 0.3) is 0 Å². The van der Waals surface area contributed by atoms with E-state index in [1.807, 2.05) is 0 Å². The van der Waals surface area contributed by atoms with Crippen molar-refractivity contribution in [1.29, 1.82) is 0 Å². The summed E-state index contributed by atoms with van der Waals surface area (Å²) in [5.74, 6) is -4.11. The molecule has 0 aromatic heterocycles. The van der Waals surface area contributed by atoms with Crippen molar-refractivity contribution in [3.63, 3.8) is 0 Å². The molecule has 1 aliphatic heterocycles. The molecule has 1 aromatic carbocycles. The lowest BCUT2D eigenvalue weighted by Gasteiger charge is -2.24. The summed E-state index contributed by atoms with van der Waals surface area (Å²) in [4.78, 5) is 49.0. The minimum atomic E-state index is -1.40. The summed E-state index contributed by atoms with van der Waals surface area (Å²) >= 11 is 0. The molecule has 4 N–H and O–H groups in total. The summed E-state index contributed by atoms with van der Waals surface area (Å²) in [6, 6.07) is 2.52. The third-order valence-corrected chi connectivity index (χ3v) is 4.08. The Balaban J connectivity index is 2.22. The number of carbonyl (C=O) groups excluding carboxylic acids is 4. The molecule has 3 amide bonds. The lowest BCUT2D eigenvalue weighted by molar-refractivity contribution is -0.159. The molecule has 0 saturated carbocycles. The molecule has 0 radical (unpaired) electrons. The normalized spacial score (nSPS) is 18.0. The van der Waals surface area contributed by atoms with E-state index < -0.39 is 42.1 Å². The average molecular weight is 364 g/mol. The molecule has 9 heteroatoms. The minimum Gasteiger partial charge on any atom is -0.508 e. The zero-order chi connectivity index (χ0) is 19.4. The molecule has 0 bridgehead atoms. The Kier molecular flexibility index (Phi) is 5.81. The van der Waals surface area contributed by atoms with Gasteiger partial charge in [-0.05, 0) is 25.0 Å². The van der Waals surface area contributed by atoms with Crippen LogP contribution in [0.25, 0.3) is 0 Å². The number of aromatic hydroxyl groups is 2. The Morgan fingerprint density at radius 2 is 2.04 bits per heavy atom. The van der Waals surface area contributed by atoms with Gasteiger partial charge in [-0.3, -0.25) is 19.3 Å². The van der Waals surface area contributed by atoms with Gasteiger partial charge in [-0.2, -0.15) is 0 Å². The summed E-state index contributed by atoms with van der Waals surface area (Å²) in [5.41, 5.74) is 5.50. The fourth-order valence-electron chi connectivity index (χ4n) is 2.90. The van der Waals surface area contributed by atoms with Crippen molar-refractivity contribution in [3.05, 3.63) is 23.8 Å². The number of rotatable bonds is 7. The van der Waals surface area contributed by atoms with E-state index in [4.69, 9.17) is 10.5 Å². The molecule has 9 nitrogen and oxygen atoms in total. The first kappa shape index (κ1) is 19.2. The van der Waals surface area contributed by atoms with Gasteiger partial charge in [0.2, 0.25) is 17.7 Å². The number of hydrogen-bond acceptors (Lipinski definition) is 7. The first-order valence-electron chi connectivity index (χ1n) is 8.06. The van der Waals surface area contributed by atoms with Crippen molar-refractivity contribution in [2.75, 3.05) is 6.61 Å². The van der Waals surface area contributed by atoms with Crippen LogP contribution in [0.4, 0.5) is 0 Å². The first-order chi connectivity index (χ1) is 12.2. The van der Waals surface area contributed by atoms with Crippen LogP contribution < -0.4 is 5.73 Å². The predicted molar refractivity (Wildman–Crippen MR) is 87.7 cm³/mol. The molecule has 1 heterocycles. The van der Waals surface area contributed by atoms with E-state index in [1.54, 1.807) is 6.92 Å². The number of nitrogens with two attached hydrogens (primary N) is 1. The minimum absolute atomic E-state index is 0.0229. The number of phenols is 2. The second kappa shape index (κ2) is 7.85. The van der Waals surface area contributed by atoms with E-state index in [0.29, 0.717) is 5.56 Å². The molecule has 1 fully saturated rings. The molecule has 0 aliphatic carbocycles. The van der Waals surface area contributed by atoms with Gasteiger partial charge < -0.3 is 20.7 Å². The number of ether oxygens (including phenoxy) is 1. The van der Waals surface area contributed by atoms with Crippen LogP contribution in [0, 0.1) is 5.92 Å². The van der Waals surface area contributed by atoms with Crippen LogP contribution in [0.5, 0.6) is 11.5 Å². The van der Waals surface area contributed by atoms with Gasteiger partial charge in [-0.15, -0.1) is 0 Å². The standard InChI is InChI=1S/C17H20N2O7/c1-2-26-17(25)12(8-14(18)22)19-15(23)6-10(16(19)24)5-9-3-4-11(20)7-13(9)21/h3-4,7,10,12,20-21H,2,5-6,8H2,1H3,(H2,18,22). The van der Waals surface area contributed by atoms with E-state index in [1.165, 1.54) is 12.1 Å². The summed E-state index contributed by atoms with van der Waals surface area (Å²) < 4.78 is 4.84. The Bertz CT molecular complexity index is 747. The van der Waals surface area contributed by atoms with Crippen LogP contribution >= 0.6 is 0 Å². The second-order valence-corrected chi connectivity index (χ2v) is 5.96. The Labute approximate surface area is 149 Å². The number of esters is 1. The van der Waals surface area contributed by atoms with Gasteiger partial charge in [0, 0.05) is 12.5 Å². The van der Waals surface area contributed by atoms with E-state index in [-0.39, 0.29) is 30.9 Å². The second-order valence-electron chi connectivity index (χ2n) is 5.96. The van der Waals surface area contributed by atoms with Gasteiger partial charge in [0.05, 0.1) is 18.9 Å². The molecule has 1 aromatic rings.